The zero-order chi connectivity index (χ0) is 15.4. The van der Waals surface area contributed by atoms with Crippen molar-refractivity contribution in [2.45, 2.75) is 6.04 Å². The first-order chi connectivity index (χ1) is 9.97. The van der Waals surface area contributed by atoms with E-state index in [0.717, 1.165) is 0 Å². The highest BCUT2D eigenvalue weighted by atomic mass is 35.5. The Morgan fingerprint density at radius 2 is 1.38 bits per heavy atom. The van der Waals surface area contributed by atoms with Crippen molar-refractivity contribution in [3.8, 4) is 0 Å². The number of hydrogen-bond acceptors (Lipinski definition) is 2. The Labute approximate surface area is 131 Å². The first kappa shape index (κ1) is 15.4. The highest BCUT2D eigenvalue weighted by molar-refractivity contribution is 6.31. The monoisotopic (exact) mass is 323 g/mol. The molecule has 0 radical (unpaired) electrons. The number of nitrogens with one attached hydrogen (secondary N) is 1. The van der Waals surface area contributed by atoms with Gasteiger partial charge in [0.05, 0.1) is 0 Å². The van der Waals surface area contributed by atoms with Gasteiger partial charge in [-0.2, -0.15) is 0 Å². The Balaban J connectivity index is 2.35. The first-order valence-electron chi connectivity index (χ1n) is 6.02. The van der Waals surface area contributed by atoms with Gasteiger partial charge in [0, 0.05) is 15.6 Å². The molecule has 0 aliphatic rings. The van der Waals surface area contributed by atoms with Gasteiger partial charge < -0.3 is 10.4 Å². The van der Waals surface area contributed by atoms with E-state index < -0.39 is 12.1 Å². The van der Waals surface area contributed by atoms with E-state index in [1.807, 2.05) is 0 Å². The second-order valence-electron chi connectivity index (χ2n) is 4.31. The van der Waals surface area contributed by atoms with Crippen LogP contribution in [0.25, 0.3) is 0 Å². The maximum absolute atomic E-state index is 12.5. The number of carboxylic acid groups (broad SMARTS) is 1. The third kappa shape index (κ3) is 3.97. The van der Waals surface area contributed by atoms with Gasteiger partial charge in [-0.25, -0.2) is 4.79 Å². The van der Waals surface area contributed by atoms with Crippen LogP contribution in [-0.4, -0.2) is 17.0 Å². The van der Waals surface area contributed by atoms with Crippen LogP contribution in [0.4, 0.5) is 4.79 Å². The molecule has 0 aromatic heterocycles. The minimum atomic E-state index is -1.28. The summed E-state index contributed by atoms with van der Waals surface area (Å²) in [6.07, 6.45) is -1.28. The summed E-state index contributed by atoms with van der Waals surface area (Å²) in [5, 5.41) is 12.2. The Hall–Kier alpha value is -2.04. The fourth-order valence-corrected chi connectivity index (χ4v) is 2.11. The average Bonchev–Trinajstić information content (AvgIpc) is 2.46. The molecule has 6 heteroatoms. The minimum absolute atomic E-state index is 0.364. The summed E-state index contributed by atoms with van der Waals surface area (Å²) in [6.45, 7) is 0. The summed E-state index contributed by atoms with van der Waals surface area (Å²) >= 11 is 11.6. The lowest BCUT2D eigenvalue weighted by Crippen LogP contribution is -2.32. The second-order valence-corrected chi connectivity index (χ2v) is 5.18. The van der Waals surface area contributed by atoms with Gasteiger partial charge in [-0.1, -0.05) is 35.3 Å². The van der Waals surface area contributed by atoms with E-state index in [1.165, 1.54) is 0 Å². The maximum Gasteiger partial charge on any atom is 0.405 e. The molecule has 1 unspecified atom stereocenters. The molecule has 4 nitrogen and oxygen atoms in total. The van der Waals surface area contributed by atoms with Crippen LogP contribution in [0.15, 0.2) is 48.5 Å². The Morgan fingerprint density at radius 3 is 1.86 bits per heavy atom. The van der Waals surface area contributed by atoms with E-state index >= 15 is 0 Å². The van der Waals surface area contributed by atoms with Gasteiger partial charge in [-0.05, 0) is 42.0 Å². The summed E-state index contributed by atoms with van der Waals surface area (Å²) in [5.74, 6) is -0.364. The number of ketones is 1. The van der Waals surface area contributed by atoms with Crippen LogP contribution in [0, 0.1) is 0 Å². The predicted molar refractivity (Wildman–Crippen MR) is 81.1 cm³/mol. The van der Waals surface area contributed by atoms with Gasteiger partial charge in [-0.3, -0.25) is 4.79 Å². The van der Waals surface area contributed by atoms with Gasteiger partial charge in [0.1, 0.15) is 6.04 Å². The highest BCUT2D eigenvalue weighted by Crippen LogP contribution is 2.21. The number of benzene rings is 2. The molecule has 0 bridgehead atoms. The molecule has 1 amide bonds. The van der Waals surface area contributed by atoms with E-state index in [9.17, 15) is 9.59 Å². The van der Waals surface area contributed by atoms with Crippen molar-refractivity contribution in [3.63, 3.8) is 0 Å². The number of Topliss-reactive ketones (excluding diaryl/α,β-unsaturated/α-hetero) is 1. The Kier molecular flexibility index (Phi) is 4.83. The van der Waals surface area contributed by atoms with Gasteiger partial charge >= 0.3 is 6.09 Å². The summed E-state index contributed by atoms with van der Waals surface area (Å²) < 4.78 is 0. The van der Waals surface area contributed by atoms with E-state index in [1.54, 1.807) is 48.5 Å². The fourth-order valence-electron chi connectivity index (χ4n) is 1.86. The van der Waals surface area contributed by atoms with Crippen molar-refractivity contribution in [1.29, 1.82) is 0 Å². The van der Waals surface area contributed by atoms with Gasteiger partial charge in [0.25, 0.3) is 0 Å². The molecule has 2 N–H and O–H groups in total. The van der Waals surface area contributed by atoms with Crippen LogP contribution >= 0.6 is 23.2 Å². The molecular weight excluding hydrogens is 313 g/mol. The number of carbonyl (C=O) groups excluding carboxylic acids is 1. The van der Waals surface area contributed by atoms with Crippen LogP contribution < -0.4 is 5.32 Å². The molecule has 0 saturated carbocycles. The number of amides is 1. The standard InChI is InChI=1S/C15H11Cl2NO3/c16-11-5-1-9(2-6-11)13(18-15(20)21)14(19)10-3-7-12(17)8-4-10/h1-8,13,18H,(H,20,21). The van der Waals surface area contributed by atoms with Gasteiger partial charge in [0.2, 0.25) is 0 Å². The summed E-state index contributed by atoms with van der Waals surface area (Å²) in [6, 6.07) is 11.7. The van der Waals surface area contributed by atoms with Gasteiger partial charge in [-0.15, -0.1) is 0 Å². The molecule has 2 aromatic rings. The first-order valence-corrected chi connectivity index (χ1v) is 6.77. The molecule has 108 valence electrons. The van der Waals surface area contributed by atoms with Crippen molar-refractivity contribution >= 4 is 35.1 Å². The molecule has 0 aliphatic carbocycles. The Bertz CT molecular complexity index is 654. The molecule has 0 heterocycles. The molecular formula is C15H11Cl2NO3. The van der Waals surface area contributed by atoms with Crippen LogP contribution in [0.2, 0.25) is 10.0 Å². The number of rotatable bonds is 4. The van der Waals surface area contributed by atoms with E-state index in [4.69, 9.17) is 28.3 Å². The third-order valence-electron chi connectivity index (χ3n) is 2.86. The summed E-state index contributed by atoms with van der Waals surface area (Å²) in [7, 11) is 0. The number of halogens is 2. The quantitative estimate of drug-likeness (QED) is 0.829. The molecule has 0 aliphatic heterocycles. The van der Waals surface area contributed by atoms with Crippen LogP contribution in [-0.2, 0) is 0 Å². The lowest BCUT2D eigenvalue weighted by molar-refractivity contribution is 0.0936. The van der Waals surface area contributed by atoms with Crippen molar-refractivity contribution in [2.24, 2.45) is 0 Å². The maximum atomic E-state index is 12.5. The van der Waals surface area contributed by atoms with Crippen molar-refractivity contribution in [3.05, 3.63) is 69.7 Å². The molecule has 2 aromatic carbocycles. The van der Waals surface area contributed by atoms with E-state index in [2.05, 4.69) is 5.32 Å². The predicted octanol–water partition coefficient (Wildman–Crippen LogP) is 4.19. The molecule has 21 heavy (non-hydrogen) atoms. The number of hydrogen-bond donors (Lipinski definition) is 2. The van der Waals surface area contributed by atoms with E-state index in [0.29, 0.717) is 21.2 Å². The fraction of sp³-hybridized carbons (Fsp3) is 0.0667. The zero-order valence-corrected chi connectivity index (χ0v) is 12.2. The second kappa shape index (κ2) is 6.61. The smallest absolute Gasteiger partial charge is 0.405 e. The van der Waals surface area contributed by atoms with Crippen LogP contribution in [0.5, 0.6) is 0 Å². The topological polar surface area (TPSA) is 66.4 Å². The molecule has 0 fully saturated rings. The number of carbonyl (C=O) groups is 2. The molecule has 2 rings (SSSR count). The summed E-state index contributed by atoms with van der Waals surface area (Å²) in [4.78, 5) is 23.4. The largest absolute Gasteiger partial charge is 0.465 e. The molecule has 1 atom stereocenters. The Morgan fingerprint density at radius 1 is 0.905 bits per heavy atom. The third-order valence-corrected chi connectivity index (χ3v) is 3.37. The molecule has 0 saturated heterocycles. The van der Waals surface area contributed by atoms with Crippen LogP contribution in [0.1, 0.15) is 22.0 Å². The van der Waals surface area contributed by atoms with Crippen LogP contribution in [0.3, 0.4) is 0 Å². The average molecular weight is 324 g/mol. The SMILES string of the molecule is O=C(O)NC(C(=O)c1ccc(Cl)cc1)c1ccc(Cl)cc1. The van der Waals surface area contributed by atoms with Gasteiger partial charge in [0.15, 0.2) is 5.78 Å². The molecule has 0 spiro atoms. The lowest BCUT2D eigenvalue weighted by atomic mass is 9.97. The normalized spacial score (nSPS) is 11.7. The minimum Gasteiger partial charge on any atom is -0.465 e. The van der Waals surface area contributed by atoms with E-state index in [-0.39, 0.29) is 5.78 Å². The summed E-state index contributed by atoms with van der Waals surface area (Å²) in [5.41, 5.74) is 0.884. The zero-order valence-electron chi connectivity index (χ0n) is 10.7. The van der Waals surface area contributed by atoms with Crippen molar-refractivity contribution in [1.82, 2.24) is 5.32 Å². The van der Waals surface area contributed by atoms with Crippen molar-refractivity contribution < 1.29 is 14.7 Å². The highest BCUT2D eigenvalue weighted by Gasteiger charge is 2.23. The lowest BCUT2D eigenvalue weighted by Gasteiger charge is -2.16. The van der Waals surface area contributed by atoms with Crippen molar-refractivity contribution in [2.75, 3.05) is 0 Å².